The molecule has 106 valence electrons. The van der Waals surface area contributed by atoms with E-state index in [4.69, 9.17) is 15.6 Å². The molecule has 0 saturated carbocycles. The summed E-state index contributed by atoms with van der Waals surface area (Å²) in [5.41, 5.74) is 7.14. The molecule has 1 unspecified atom stereocenters. The third-order valence-corrected chi connectivity index (χ3v) is 3.98. The molecule has 6 heteroatoms. The Labute approximate surface area is 116 Å². The molecular weight excluding hydrogens is 260 g/mol. The Morgan fingerprint density at radius 3 is 2.75 bits per heavy atom. The summed E-state index contributed by atoms with van der Waals surface area (Å²) in [5, 5.41) is 9.09. The van der Waals surface area contributed by atoms with Crippen molar-refractivity contribution in [2.45, 2.75) is 25.2 Å². The number of likely N-dealkylation sites (tertiary alicyclic amines) is 1. The number of hydrogen-bond acceptors (Lipinski definition) is 4. The van der Waals surface area contributed by atoms with E-state index in [-0.39, 0.29) is 18.9 Å². The Hall–Kier alpha value is -1.92. The van der Waals surface area contributed by atoms with Crippen molar-refractivity contribution in [1.29, 1.82) is 0 Å². The van der Waals surface area contributed by atoms with E-state index in [1.54, 1.807) is 6.07 Å². The zero-order chi connectivity index (χ0) is 14.3. The number of hydrogen-bond donors (Lipinski definition) is 2. The highest BCUT2D eigenvalue weighted by Crippen LogP contribution is 2.24. The van der Waals surface area contributed by atoms with Crippen molar-refractivity contribution >= 4 is 11.9 Å². The first-order valence-corrected chi connectivity index (χ1v) is 6.51. The first-order valence-electron chi connectivity index (χ1n) is 6.51. The van der Waals surface area contributed by atoms with Crippen molar-refractivity contribution in [2.75, 3.05) is 13.1 Å². The molecule has 2 aliphatic rings. The lowest BCUT2D eigenvalue weighted by atomic mass is 10.0. The average molecular weight is 276 g/mol. The molecule has 1 atom stereocenters. The third kappa shape index (κ3) is 2.07. The molecule has 0 spiro atoms. The van der Waals surface area contributed by atoms with Gasteiger partial charge in [0.1, 0.15) is 5.54 Å². The summed E-state index contributed by atoms with van der Waals surface area (Å²) in [6.45, 7) is 1.52. The SMILES string of the molecule is NC1(C(=O)O)CCN(C(=O)c2ccc3c(c2)COC3)C1. The Bertz CT molecular complexity index is 587. The summed E-state index contributed by atoms with van der Waals surface area (Å²) in [6.07, 6.45) is 0.280. The molecule has 0 radical (unpaired) electrons. The molecule has 20 heavy (non-hydrogen) atoms. The predicted octanol–water partition coefficient (Wildman–Crippen LogP) is 0.345. The fourth-order valence-electron chi connectivity index (χ4n) is 2.67. The summed E-state index contributed by atoms with van der Waals surface area (Å²) in [4.78, 5) is 25.0. The van der Waals surface area contributed by atoms with Crippen LogP contribution in [0.4, 0.5) is 0 Å². The number of aliphatic carboxylic acids is 1. The van der Waals surface area contributed by atoms with Crippen molar-refractivity contribution in [2.24, 2.45) is 5.73 Å². The van der Waals surface area contributed by atoms with Crippen LogP contribution in [0.2, 0.25) is 0 Å². The van der Waals surface area contributed by atoms with E-state index in [2.05, 4.69) is 0 Å². The lowest BCUT2D eigenvalue weighted by molar-refractivity contribution is -0.142. The van der Waals surface area contributed by atoms with Crippen LogP contribution in [0, 0.1) is 0 Å². The monoisotopic (exact) mass is 276 g/mol. The highest BCUT2D eigenvalue weighted by Gasteiger charge is 2.43. The number of nitrogens with two attached hydrogens (primary N) is 1. The van der Waals surface area contributed by atoms with Gasteiger partial charge in [-0.25, -0.2) is 0 Å². The van der Waals surface area contributed by atoms with Crippen molar-refractivity contribution in [3.8, 4) is 0 Å². The maximum atomic E-state index is 12.4. The van der Waals surface area contributed by atoms with Crippen LogP contribution < -0.4 is 5.73 Å². The lowest BCUT2D eigenvalue weighted by Gasteiger charge is -2.20. The van der Waals surface area contributed by atoms with Gasteiger partial charge in [0.15, 0.2) is 0 Å². The van der Waals surface area contributed by atoms with Gasteiger partial charge in [-0.15, -0.1) is 0 Å². The van der Waals surface area contributed by atoms with Gasteiger partial charge in [0.05, 0.1) is 13.2 Å². The summed E-state index contributed by atoms with van der Waals surface area (Å²) in [7, 11) is 0. The van der Waals surface area contributed by atoms with Crippen LogP contribution in [0.5, 0.6) is 0 Å². The minimum atomic E-state index is -1.32. The first kappa shape index (κ1) is 13.1. The van der Waals surface area contributed by atoms with Gasteiger partial charge in [0.25, 0.3) is 5.91 Å². The Morgan fingerprint density at radius 1 is 1.30 bits per heavy atom. The van der Waals surface area contributed by atoms with Crippen LogP contribution in [-0.4, -0.2) is 40.5 Å². The van der Waals surface area contributed by atoms with Crippen LogP contribution in [-0.2, 0) is 22.7 Å². The summed E-state index contributed by atoms with van der Waals surface area (Å²) in [6, 6.07) is 5.47. The second-order valence-corrected chi connectivity index (χ2v) is 5.41. The number of benzene rings is 1. The van der Waals surface area contributed by atoms with Crippen molar-refractivity contribution < 1.29 is 19.4 Å². The zero-order valence-corrected chi connectivity index (χ0v) is 11.0. The van der Waals surface area contributed by atoms with E-state index in [9.17, 15) is 9.59 Å². The van der Waals surface area contributed by atoms with E-state index < -0.39 is 11.5 Å². The molecule has 0 aromatic heterocycles. The number of amides is 1. The van der Waals surface area contributed by atoms with Gasteiger partial charge in [0, 0.05) is 18.7 Å². The molecule has 2 heterocycles. The Kier molecular flexibility index (Phi) is 2.99. The molecule has 1 aromatic rings. The molecule has 2 aliphatic heterocycles. The number of rotatable bonds is 2. The molecule has 1 fully saturated rings. The quantitative estimate of drug-likeness (QED) is 0.812. The standard InChI is InChI=1S/C14H16N2O4/c15-14(13(18)19)3-4-16(8-14)12(17)9-1-2-10-6-20-7-11(10)5-9/h1-2,5H,3-4,6-8,15H2,(H,18,19). The average Bonchev–Trinajstić information content (AvgIpc) is 3.04. The molecule has 1 saturated heterocycles. The molecule has 3 N–H and O–H groups in total. The van der Waals surface area contributed by atoms with Gasteiger partial charge in [-0.1, -0.05) is 6.07 Å². The lowest BCUT2D eigenvalue weighted by Crippen LogP contribution is -2.50. The maximum absolute atomic E-state index is 12.4. The number of carbonyl (C=O) groups excluding carboxylic acids is 1. The number of carbonyl (C=O) groups is 2. The van der Waals surface area contributed by atoms with Gasteiger partial charge < -0.3 is 20.5 Å². The fraction of sp³-hybridized carbons (Fsp3) is 0.429. The maximum Gasteiger partial charge on any atom is 0.325 e. The van der Waals surface area contributed by atoms with Gasteiger partial charge in [-0.3, -0.25) is 9.59 Å². The van der Waals surface area contributed by atoms with Crippen LogP contribution >= 0.6 is 0 Å². The summed E-state index contributed by atoms with van der Waals surface area (Å²) >= 11 is 0. The van der Waals surface area contributed by atoms with Crippen LogP contribution in [0.3, 0.4) is 0 Å². The molecular formula is C14H16N2O4. The largest absolute Gasteiger partial charge is 0.480 e. The second kappa shape index (κ2) is 4.57. The van der Waals surface area contributed by atoms with Gasteiger partial charge >= 0.3 is 5.97 Å². The molecule has 0 bridgehead atoms. The molecule has 6 nitrogen and oxygen atoms in total. The normalized spacial score (nSPS) is 24.8. The smallest absolute Gasteiger partial charge is 0.325 e. The predicted molar refractivity (Wildman–Crippen MR) is 70.0 cm³/mol. The van der Waals surface area contributed by atoms with E-state index in [1.165, 1.54) is 4.90 Å². The van der Waals surface area contributed by atoms with Crippen LogP contribution in [0.25, 0.3) is 0 Å². The highest BCUT2D eigenvalue weighted by molar-refractivity contribution is 5.95. The van der Waals surface area contributed by atoms with Crippen molar-refractivity contribution in [3.63, 3.8) is 0 Å². The summed E-state index contributed by atoms with van der Waals surface area (Å²) in [5.74, 6) is -1.23. The molecule has 1 aromatic carbocycles. The van der Waals surface area contributed by atoms with Crippen LogP contribution in [0.1, 0.15) is 27.9 Å². The number of fused-ring (bicyclic) bond motifs is 1. The van der Waals surface area contributed by atoms with E-state index in [0.29, 0.717) is 25.3 Å². The molecule has 1 amide bonds. The second-order valence-electron chi connectivity index (χ2n) is 5.41. The van der Waals surface area contributed by atoms with Crippen LogP contribution in [0.15, 0.2) is 18.2 Å². The Balaban J connectivity index is 1.79. The number of ether oxygens (including phenoxy) is 1. The van der Waals surface area contributed by atoms with Gasteiger partial charge in [-0.2, -0.15) is 0 Å². The minimum absolute atomic E-state index is 0.0503. The first-order chi connectivity index (χ1) is 9.49. The number of carboxylic acid groups (broad SMARTS) is 1. The van der Waals surface area contributed by atoms with Gasteiger partial charge in [0.2, 0.25) is 0 Å². The van der Waals surface area contributed by atoms with Crippen molar-refractivity contribution in [1.82, 2.24) is 4.90 Å². The molecule has 3 rings (SSSR count). The summed E-state index contributed by atoms with van der Waals surface area (Å²) < 4.78 is 5.32. The minimum Gasteiger partial charge on any atom is -0.480 e. The topological polar surface area (TPSA) is 92.9 Å². The van der Waals surface area contributed by atoms with E-state index in [1.807, 2.05) is 12.1 Å². The number of carboxylic acids is 1. The number of nitrogens with zero attached hydrogens (tertiary/aromatic N) is 1. The zero-order valence-electron chi connectivity index (χ0n) is 11.0. The van der Waals surface area contributed by atoms with Gasteiger partial charge in [-0.05, 0) is 29.7 Å². The Morgan fingerprint density at radius 2 is 2.05 bits per heavy atom. The fourth-order valence-corrected chi connectivity index (χ4v) is 2.67. The third-order valence-electron chi connectivity index (χ3n) is 3.98. The molecule has 0 aliphatic carbocycles. The van der Waals surface area contributed by atoms with Crippen molar-refractivity contribution in [3.05, 3.63) is 34.9 Å². The van der Waals surface area contributed by atoms with E-state index >= 15 is 0 Å². The van der Waals surface area contributed by atoms with E-state index in [0.717, 1.165) is 11.1 Å². The highest BCUT2D eigenvalue weighted by atomic mass is 16.5.